The van der Waals surface area contributed by atoms with Gasteiger partial charge in [0.2, 0.25) is 0 Å². The van der Waals surface area contributed by atoms with E-state index in [4.69, 9.17) is 10.5 Å². The summed E-state index contributed by atoms with van der Waals surface area (Å²) in [5, 5.41) is 2.08. The summed E-state index contributed by atoms with van der Waals surface area (Å²) in [6, 6.07) is 6.00. The number of thiophene rings is 1. The van der Waals surface area contributed by atoms with Crippen LogP contribution in [0.4, 0.5) is 13.8 Å². The van der Waals surface area contributed by atoms with Gasteiger partial charge in [-0.25, -0.2) is 4.79 Å². The number of alkyl halides is 2. The molecule has 0 fully saturated rings. The second-order valence-electron chi connectivity index (χ2n) is 5.79. The number of anilines is 1. The maximum Gasteiger partial charge on any atom is 0.387 e. The van der Waals surface area contributed by atoms with E-state index >= 15 is 0 Å². The van der Waals surface area contributed by atoms with Gasteiger partial charge in [-0.05, 0) is 38.5 Å². The second kappa shape index (κ2) is 6.54. The van der Waals surface area contributed by atoms with Crippen molar-refractivity contribution in [1.29, 1.82) is 0 Å². The molecule has 0 atom stereocenters. The number of rotatable bonds is 4. The van der Waals surface area contributed by atoms with Crippen LogP contribution in [-0.4, -0.2) is 18.2 Å². The molecule has 0 saturated carbocycles. The minimum absolute atomic E-state index is 0.0470. The Bertz CT molecular complexity index is 690. The summed E-state index contributed by atoms with van der Waals surface area (Å²) >= 11 is 1.22. The standard InChI is InChI=1S/C16H17F2NO3S/c1-16(2,3)22-14(20)12-11(8-23-13(12)19)9-4-6-10(7-5-9)21-15(17)18/h4-8,15H,19H2,1-3H3. The molecule has 0 saturated heterocycles. The van der Waals surface area contributed by atoms with Crippen molar-refractivity contribution in [3.63, 3.8) is 0 Å². The Morgan fingerprint density at radius 3 is 2.35 bits per heavy atom. The van der Waals surface area contributed by atoms with Crippen LogP contribution in [0.1, 0.15) is 31.1 Å². The quantitative estimate of drug-likeness (QED) is 0.829. The van der Waals surface area contributed by atoms with Gasteiger partial charge in [-0.1, -0.05) is 12.1 Å². The van der Waals surface area contributed by atoms with Crippen molar-refractivity contribution >= 4 is 22.3 Å². The molecular weight excluding hydrogens is 324 g/mol. The molecule has 2 aromatic rings. The van der Waals surface area contributed by atoms with E-state index in [1.54, 1.807) is 38.3 Å². The van der Waals surface area contributed by atoms with Gasteiger partial charge in [-0.15, -0.1) is 11.3 Å². The molecule has 1 aromatic carbocycles. The van der Waals surface area contributed by atoms with Gasteiger partial charge in [0.05, 0.1) is 0 Å². The largest absolute Gasteiger partial charge is 0.456 e. The Morgan fingerprint density at radius 2 is 1.83 bits per heavy atom. The van der Waals surface area contributed by atoms with Crippen molar-refractivity contribution in [2.45, 2.75) is 33.0 Å². The maximum atomic E-state index is 12.3. The van der Waals surface area contributed by atoms with Crippen molar-refractivity contribution in [3.05, 3.63) is 35.2 Å². The zero-order chi connectivity index (χ0) is 17.2. The first kappa shape index (κ1) is 17.2. The molecule has 0 unspecified atom stereocenters. The number of nitrogen functional groups attached to an aromatic ring is 1. The Kier molecular flexibility index (Phi) is 4.89. The first-order chi connectivity index (χ1) is 10.7. The molecule has 124 valence electrons. The number of esters is 1. The lowest BCUT2D eigenvalue weighted by Gasteiger charge is -2.20. The van der Waals surface area contributed by atoms with Gasteiger partial charge in [-0.2, -0.15) is 8.78 Å². The maximum absolute atomic E-state index is 12.3. The summed E-state index contributed by atoms with van der Waals surface area (Å²) in [5.41, 5.74) is 6.80. The highest BCUT2D eigenvalue weighted by Crippen LogP contribution is 2.35. The summed E-state index contributed by atoms with van der Waals surface area (Å²) in [5.74, 6) is -0.468. The van der Waals surface area contributed by atoms with Crippen LogP contribution in [0.15, 0.2) is 29.6 Å². The summed E-state index contributed by atoms with van der Waals surface area (Å²) in [6.45, 7) is 2.42. The zero-order valence-electron chi connectivity index (χ0n) is 12.9. The molecule has 7 heteroatoms. The van der Waals surface area contributed by atoms with E-state index in [9.17, 15) is 13.6 Å². The zero-order valence-corrected chi connectivity index (χ0v) is 13.7. The Balaban J connectivity index is 2.32. The smallest absolute Gasteiger partial charge is 0.387 e. The van der Waals surface area contributed by atoms with Crippen LogP contribution in [0.2, 0.25) is 0 Å². The van der Waals surface area contributed by atoms with Crippen molar-refractivity contribution in [3.8, 4) is 16.9 Å². The van der Waals surface area contributed by atoms with Crippen LogP contribution in [0.5, 0.6) is 5.75 Å². The lowest BCUT2D eigenvalue weighted by Crippen LogP contribution is -2.24. The fourth-order valence-electron chi connectivity index (χ4n) is 1.94. The molecule has 2 rings (SSSR count). The van der Waals surface area contributed by atoms with Crippen LogP contribution in [0.25, 0.3) is 11.1 Å². The Hall–Kier alpha value is -2.15. The number of carbonyl (C=O) groups excluding carboxylic acids is 1. The van der Waals surface area contributed by atoms with Crippen LogP contribution < -0.4 is 10.5 Å². The van der Waals surface area contributed by atoms with E-state index in [1.807, 2.05) is 0 Å². The summed E-state index contributed by atoms with van der Waals surface area (Å²) in [6.07, 6.45) is 0. The third kappa shape index (κ3) is 4.41. The van der Waals surface area contributed by atoms with E-state index in [-0.39, 0.29) is 11.3 Å². The predicted molar refractivity (Wildman–Crippen MR) is 86.0 cm³/mol. The Labute approximate surface area is 136 Å². The van der Waals surface area contributed by atoms with Gasteiger partial charge < -0.3 is 15.2 Å². The molecule has 1 aromatic heterocycles. The normalized spacial score (nSPS) is 11.6. The van der Waals surface area contributed by atoms with Gasteiger partial charge in [0.25, 0.3) is 0 Å². The molecular formula is C16H17F2NO3S. The highest BCUT2D eigenvalue weighted by atomic mass is 32.1. The SMILES string of the molecule is CC(C)(C)OC(=O)c1c(-c2ccc(OC(F)F)cc2)csc1N. The van der Waals surface area contributed by atoms with Crippen LogP contribution in [-0.2, 0) is 4.74 Å². The Morgan fingerprint density at radius 1 is 1.22 bits per heavy atom. The van der Waals surface area contributed by atoms with Crippen molar-refractivity contribution in [2.75, 3.05) is 5.73 Å². The number of hydrogen-bond donors (Lipinski definition) is 1. The van der Waals surface area contributed by atoms with Gasteiger partial charge in [0.15, 0.2) is 0 Å². The molecule has 0 radical (unpaired) electrons. The summed E-state index contributed by atoms with van der Waals surface area (Å²) in [4.78, 5) is 12.3. The van der Waals surface area contributed by atoms with Gasteiger partial charge in [0.1, 0.15) is 21.9 Å². The van der Waals surface area contributed by atoms with Crippen molar-refractivity contribution in [2.24, 2.45) is 0 Å². The van der Waals surface area contributed by atoms with Gasteiger partial charge >= 0.3 is 12.6 Å². The number of ether oxygens (including phenoxy) is 2. The molecule has 1 heterocycles. The third-order valence-electron chi connectivity index (χ3n) is 2.81. The van der Waals surface area contributed by atoms with Crippen molar-refractivity contribution in [1.82, 2.24) is 0 Å². The minimum atomic E-state index is -2.88. The highest BCUT2D eigenvalue weighted by molar-refractivity contribution is 7.14. The van der Waals surface area contributed by atoms with E-state index in [0.717, 1.165) is 0 Å². The van der Waals surface area contributed by atoms with E-state index in [1.165, 1.54) is 23.5 Å². The van der Waals surface area contributed by atoms with Crippen LogP contribution in [0.3, 0.4) is 0 Å². The lowest BCUT2D eigenvalue weighted by atomic mass is 10.0. The number of benzene rings is 1. The average molecular weight is 341 g/mol. The first-order valence-electron chi connectivity index (χ1n) is 6.83. The molecule has 0 aliphatic carbocycles. The fourth-order valence-corrected chi connectivity index (χ4v) is 2.75. The fraction of sp³-hybridized carbons (Fsp3) is 0.312. The average Bonchev–Trinajstić information content (AvgIpc) is 2.79. The van der Waals surface area contributed by atoms with E-state index < -0.39 is 18.2 Å². The van der Waals surface area contributed by atoms with Gasteiger partial charge in [-0.3, -0.25) is 0 Å². The molecule has 0 aliphatic rings. The summed E-state index contributed by atoms with van der Waals surface area (Å²) in [7, 11) is 0. The predicted octanol–water partition coefficient (Wildman–Crippen LogP) is 4.55. The molecule has 0 bridgehead atoms. The first-order valence-corrected chi connectivity index (χ1v) is 7.71. The van der Waals surface area contributed by atoms with Crippen LogP contribution >= 0.6 is 11.3 Å². The van der Waals surface area contributed by atoms with Crippen LogP contribution in [0, 0.1) is 0 Å². The van der Waals surface area contributed by atoms with E-state index in [2.05, 4.69) is 4.74 Å². The topological polar surface area (TPSA) is 61.5 Å². The molecule has 2 N–H and O–H groups in total. The number of hydrogen-bond acceptors (Lipinski definition) is 5. The highest BCUT2D eigenvalue weighted by Gasteiger charge is 2.24. The lowest BCUT2D eigenvalue weighted by molar-refractivity contribution is -0.0498. The molecule has 0 aliphatic heterocycles. The number of carbonyl (C=O) groups is 1. The van der Waals surface area contributed by atoms with E-state index in [0.29, 0.717) is 16.1 Å². The second-order valence-corrected chi connectivity index (χ2v) is 6.70. The molecule has 0 spiro atoms. The van der Waals surface area contributed by atoms with Crippen molar-refractivity contribution < 1.29 is 23.0 Å². The third-order valence-corrected chi connectivity index (χ3v) is 3.62. The number of halogens is 2. The molecule has 0 amide bonds. The monoisotopic (exact) mass is 341 g/mol. The minimum Gasteiger partial charge on any atom is -0.456 e. The molecule has 4 nitrogen and oxygen atoms in total. The molecule has 23 heavy (non-hydrogen) atoms. The number of nitrogens with two attached hydrogens (primary N) is 1. The van der Waals surface area contributed by atoms with Gasteiger partial charge in [0, 0.05) is 10.9 Å². The summed E-state index contributed by atoms with van der Waals surface area (Å²) < 4.78 is 34.0.